The summed E-state index contributed by atoms with van der Waals surface area (Å²) in [5.74, 6) is -0.357. The highest BCUT2D eigenvalue weighted by Crippen LogP contribution is 2.22. The minimum absolute atomic E-state index is 0.336. The Kier molecular flexibility index (Phi) is 5.11. The first kappa shape index (κ1) is 16.5. The molecule has 0 spiro atoms. The zero-order chi connectivity index (χ0) is 16.9. The van der Waals surface area contributed by atoms with Crippen molar-refractivity contribution in [3.8, 4) is 11.3 Å². The Morgan fingerprint density at radius 1 is 1.12 bits per heavy atom. The van der Waals surface area contributed by atoms with Gasteiger partial charge in [-0.3, -0.25) is 4.68 Å². The number of benzene rings is 2. The Bertz CT molecular complexity index is 826. The van der Waals surface area contributed by atoms with Gasteiger partial charge in [0, 0.05) is 10.0 Å². The van der Waals surface area contributed by atoms with Crippen LogP contribution < -0.4 is 0 Å². The van der Waals surface area contributed by atoms with E-state index in [0.717, 1.165) is 21.3 Å². The van der Waals surface area contributed by atoms with E-state index in [2.05, 4.69) is 21.0 Å². The van der Waals surface area contributed by atoms with Crippen LogP contribution in [-0.4, -0.2) is 22.4 Å². The molecule has 0 atom stereocenters. The van der Waals surface area contributed by atoms with Gasteiger partial charge < -0.3 is 4.74 Å². The van der Waals surface area contributed by atoms with Crippen LogP contribution in [0.3, 0.4) is 0 Å². The lowest BCUT2D eigenvalue weighted by molar-refractivity contribution is 0.0512. The van der Waals surface area contributed by atoms with E-state index in [4.69, 9.17) is 4.74 Å². The predicted molar refractivity (Wildman–Crippen MR) is 96.9 cm³/mol. The maximum Gasteiger partial charge on any atom is 0.356 e. The van der Waals surface area contributed by atoms with Crippen molar-refractivity contribution in [2.75, 3.05) is 6.61 Å². The predicted octanol–water partition coefficient (Wildman–Crippen LogP) is 4.54. The van der Waals surface area contributed by atoms with E-state index in [0.29, 0.717) is 18.8 Å². The van der Waals surface area contributed by atoms with Gasteiger partial charge in [-0.15, -0.1) is 0 Å². The Balaban J connectivity index is 1.98. The van der Waals surface area contributed by atoms with E-state index in [9.17, 15) is 4.79 Å². The van der Waals surface area contributed by atoms with E-state index in [1.54, 1.807) is 17.7 Å². The smallest absolute Gasteiger partial charge is 0.356 e. The molecule has 0 N–H and O–H groups in total. The molecule has 3 rings (SSSR count). The first-order valence-electron chi connectivity index (χ1n) is 7.72. The molecule has 0 radical (unpaired) electrons. The van der Waals surface area contributed by atoms with E-state index in [1.807, 2.05) is 54.6 Å². The summed E-state index contributed by atoms with van der Waals surface area (Å²) >= 11 is 3.43. The van der Waals surface area contributed by atoms with Crippen molar-refractivity contribution in [2.45, 2.75) is 13.5 Å². The lowest BCUT2D eigenvalue weighted by Gasteiger charge is -2.06. The van der Waals surface area contributed by atoms with Gasteiger partial charge in [-0.25, -0.2) is 4.79 Å². The first-order chi connectivity index (χ1) is 11.7. The van der Waals surface area contributed by atoms with Gasteiger partial charge in [0.15, 0.2) is 0 Å². The highest BCUT2D eigenvalue weighted by Gasteiger charge is 2.17. The Labute approximate surface area is 149 Å². The van der Waals surface area contributed by atoms with Crippen LogP contribution in [0.25, 0.3) is 11.3 Å². The summed E-state index contributed by atoms with van der Waals surface area (Å²) in [5, 5.41) is 4.61. The number of carbonyl (C=O) groups is 1. The maximum atomic E-state index is 12.3. The third-order valence-electron chi connectivity index (χ3n) is 3.58. The van der Waals surface area contributed by atoms with Crippen molar-refractivity contribution in [3.63, 3.8) is 0 Å². The fourth-order valence-electron chi connectivity index (χ4n) is 2.42. The van der Waals surface area contributed by atoms with Gasteiger partial charge >= 0.3 is 5.97 Å². The zero-order valence-corrected chi connectivity index (χ0v) is 14.9. The number of rotatable bonds is 5. The molecule has 0 aliphatic carbocycles. The molecule has 0 fully saturated rings. The fraction of sp³-hybridized carbons (Fsp3) is 0.158. The molecular formula is C19H17BrN2O2. The van der Waals surface area contributed by atoms with Crippen molar-refractivity contribution in [1.29, 1.82) is 0 Å². The van der Waals surface area contributed by atoms with Gasteiger partial charge in [-0.2, -0.15) is 5.10 Å². The van der Waals surface area contributed by atoms with Crippen LogP contribution in [0.2, 0.25) is 0 Å². The van der Waals surface area contributed by atoms with Gasteiger partial charge in [0.05, 0.1) is 18.8 Å². The third-order valence-corrected chi connectivity index (χ3v) is 4.11. The van der Waals surface area contributed by atoms with Crippen molar-refractivity contribution >= 4 is 21.9 Å². The second-order valence-corrected chi connectivity index (χ2v) is 6.20. The molecule has 0 aliphatic rings. The van der Waals surface area contributed by atoms with Crippen LogP contribution >= 0.6 is 15.9 Å². The molecule has 0 saturated heterocycles. The van der Waals surface area contributed by atoms with Crippen molar-refractivity contribution in [1.82, 2.24) is 9.78 Å². The number of halogens is 1. The Morgan fingerprint density at radius 3 is 2.50 bits per heavy atom. The SMILES string of the molecule is CCOC(=O)c1cc(-c2ccc(Br)cc2)nn1Cc1ccccc1. The topological polar surface area (TPSA) is 44.1 Å². The summed E-state index contributed by atoms with van der Waals surface area (Å²) in [5.41, 5.74) is 3.24. The molecule has 1 heterocycles. The number of ether oxygens (including phenoxy) is 1. The van der Waals surface area contributed by atoms with Gasteiger partial charge in [0.25, 0.3) is 0 Å². The van der Waals surface area contributed by atoms with E-state index < -0.39 is 0 Å². The molecule has 0 unspecified atom stereocenters. The molecule has 24 heavy (non-hydrogen) atoms. The third kappa shape index (κ3) is 3.74. The quantitative estimate of drug-likeness (QED) is 0.606. The van der Waals surface area contributed by atoms with E-state index >= 15 is 0 Å². The van der Waals surface area contributed by atoms with Crippen LogP contribution in [0.1, 0.15) is 23.0 Å². The molecule has 0 amide bonds. The molecule has 2 aromatic carbocycles. The molecular weight excluding hydrogens is 368 g/mol. The van der Waals surface area contributed by atoms with Crippen molar-refractivity contribution in [2.24, 2.45) is 0 Å². The highest BCUT2D eigenvalue weighted by molar-refractivity contribution is 9.10. The minimum Gasteiger partial charge on any atom is -0.461 e. The summed E-state index contributed by atoms with van der Waals surface area (Å²) in [6.07, 6.45) is 0. The number of hydrogen-bond acceptors (Lipinski definition) is 3. The van der Waals surface area contributed by atoms with Crippen LogP contribution in [0, 0.1) is 0 Å². The lowest BCUT2D eigenvalue weighted by Crippen LogP contribution is -2.14. The molecule has 122 valence electrons. The monoisotopic (exact) mass is 384 g/mol. The van der Waals surface area contributed by atoms with Crippen LogP contribution in [0.4, 0.5) is 0 Å². The average Bonchev–Trinajstić information content (AvgIpc) is 3.00. The Morgan fingerprint density at radius 2 is 1.83 bits per heavy atom. The molecule has 0 aliphatic heterocycles. The van der Waals surface area contributed by atoms with Crippen LogP contribution in [0.5, 0.6) is 0 Å². The Hall–Kier alpha value is -2.40. The number of nitrogens with zero attached hydrogens (tertiary/aromatic N) is 2. The summed E-state index contributed by atoms with van der Waals surface area (Å²) in [7, 11) is 0. The van der Waals surface area contributed by atoms with Crippen LogP contribution in [-0.2, 0) is 11.3 Å². The van der Waals surface area contributed by atoms with Gasteiger partial charge in [0.1, 0.15) is 5.69 Å². The lowest BCUT2D eigenvalue weighted by atomic mass is 10.1. The number of aromatic nitrogens is 2. The second-order valence-electron chi connectivity index (χ2n) is 5.29. The summed E-state index contributed by atoms with van der Waals surface area (Å²) in [4.78, 5) is 12.3. The number of carbonyl (C=O) groups excluding carboxylic acids is 1. The molecule has 4 nitrogen and oxygen atoms in total. The van der Waals surface area contributed by atoms with Crippen molar-refractivity contribution < 1.29 is 9.53 Å². The fourth-order valence-corrected chi connectivity index (χ4v) is 2.69. The van der Waals surface area contributed by atoms with Crippen molar-refractivity contribution in [3.05, 3.63) is 76.4 Å². The average molecular weight is 385 g/mol. The minimum atomic E-state index is -0.357. The summed E-state index contributed by atoms with van der Waals surface area (Å²) < 4.78 is 7.87. The summed E-state index contributed by atoms with van der Waals surface area (Å²) in [6, 6.07) is 19.5. The highest BCUT2D eigenvalue weighted by atomic mass is 79.9. The zero-order valence-electron chi connectivity index (χ0n) is 13.3. The molecule has 0 bridgehead atoms. The van der Waals surface area contributed by atoms with E-state index in [1.165, 1.54) is 0 Å². The molecule has 1 aromatic heterocycles. The molecule has 5 heteroatoms. The number of hydrogen-bond donors (Lipinski definition) is 0. The van der Waals surface area contributed by atoms with Crippen LogP contribution in [0.15, 0.2) is 65.1 Å². The summed E-state index contributed by atoms with van der Waals surface area (Å²) in [6.45, 7) is 2.65. The molecule has 0 saturated carbocycles. The molecule has 3 aromatic rings. The maximum absolute atomic E-state index is 12.3. The second kappa shape index (κ2) is 7.45. The van der Waals surface area contributed by atoms with E-state index in [-0.39, 0.29) is 5.97 Å². The van der Waals surface area contributed by atoms with Gasteiger partial charge in [-0.1, -0.05) is 58.4 Å². The van der Waals surface area contributed by atoms with Gasteiger partial charge in [0.2, 0.25) is 0 Å². The number of esters is 1. The first-order valence-corrected chi connectivity index (χ1v) is 8.51. The van der Waals surface area contributed by atoms with Gasteiger partial charge in [-0.05, 0) is 30.7 Å². The largest absolute Gasteiger partial charge is 0.461 e. The standard InChI is InChI=1S/C19H17BrN2O2/c1-2-24-19(23)18-12-17(15-8-10-16(20)11-9-15)21-22(18)13-14-6-4-3-5-7-14/h3-12H,2,13H2,1H3. The normalized spacial score (nSPS) is 10.6.